The van der Waals surface area contributed by atoms with Crippen molar-refractivity contribution in [3.63, 3.8) is 0 Å². The van der Waals surface area contributed by atoms with Crippen LogP contribution >= 0.6 is 0 Å². The van der Waals surface area contributed by atoms with Gasteiger partial charge in [-0.05, 0) is 36.4 Å². The maximum atomic E-state index is 12.6. The molecule has 2 aromatic heterocycles. The average Bonchev–Trinajstić information content (AvgIpc) is 3.26. The first-order valence-electron chi connectivity index (χ1n) is 10.7. The van der Waals surface area contributed by atoms with Crippen LogP contribution in [0.4, 0.5) is 19.0 Å². The second-order valence-electron chi connectivity index (χ2n) is 7.46. The summed E-state index contributed by atoms with van der Waals surface area (Å²) < 4.78 is 49.1. The van der Waals surface area contributed by atoms with Crippen molar-refractivity contribution in [2.24, 2.45) is 12.2 Å². The summed E-state index contributed by atoms with van der Waals surface area (Å²) in [6.07, 6.45) is -4.63. The van der Waals surface area contributed by atoms with Crippen molar-refractivity contribution in [1.82, 2.24) is 25.2 Å². The zero-order valence-corrected chi connectivity index (χ0v) is 19.7. The van der Waals surface area contributed by atoms with Crippen molar-refractivity contribution >= 4 is 17.4 Å². The Morgan fingerprint density at radius 3 is 2.50 bits per heavy atom. The first kappa shape index (κ1) is 26.7. The van der Waals surface area contributed by atoms with Crippen molar-refractivity contribution in [1.29, 1.82) is 0 Å². The van der Waals surface area contributed by atoms with E-state index in [1.54, 1.807) is 19.2 Å². The Morgan fingerprint density at radius 1 is 1.11 bits per heavy atom. The quantitative estimate of drug-likeness (QED) is 0.239. The Hall–Kier alpha value is -3.91. The van der Waals surface area contributed by atoms with Gasteiger partial charge in [0.15, 0.2) is 12.3 Å². The lowest BCUT2D eigenvalue weighted by atomic mass is 10.1. The van der Waals surface area contributed by atoms with Crippen LogP contribution < -0.4 is 5.32 Å². The molecule has 0 aliphatic heterocycles. The molecule has 0 spiro atoms. The fraction of sp³-hybridized carbons (Fsp3) is 0.364. The van der Waals surface area contributed by atoms with E-state index in [0.717, 1.165) is 12.5 Å². The third-order valence-corrected chi connectivity index (χ3v) is 4.64. The van der Waals surface area contributed by atoms with Crippen LogP contribution in [0.3, 0.4) is 0 Å². The van der Waals surface area contributed by atoms with Gasteiger partial charge in [0.25, 0.3) is 5.91 Å². The summed E-state index contributed by atoms with van der Waals surface area (Å²) >= 11 is 0. The van der Waals surface area contributed by atoms with Gasteiger partial charge in [-0.2, -0.15) is 13.2 Å². The van der Waals surface area contributed by atoms with Crippen molar-refractivity contribution in [3.05, 3.63) is 65.6 Å². The molecule has 1 atom stereocenters. The summed E-state index contributed by atoms with van der Waals surface area (Å²) in [5.74, 6) is -2.67. The number of benzene rings is 1. The molecule has 0 saturated carbocycles. The third kappa shape index (κ3) is 7.29. The van der Waals surface area contributed by atoms with Gasteiger partial charge >= 0.3 is 6.18 Å². The zero-order valence-electron chi connectivity index (χ0n) is 19.7. The van der Waals surface area contributed by atoms with Crippen LogP contribution in [0.1, 0.15) is 30.9 Å². The summed E-state index contributed by atoms with van der Waals surface area (Å²) in [5, 5.41) is 18.0. The van der Waals surface area contributed by atoms with E-state index in [2.05, 4.69) is 31.0 Å². The lowest BCUT2D eigenvalue weighted by molar-refractivity contribution is -0.262. The van der Waals surface area contributed by atoms with Gasteiger partial charge in [-0.15, -0.1) is 5.10 Å². The van der Waals surface area contributed by atoms with Crippen LogP contribution in [0.15, 0.2) is 53.7 Å². The topological polar surface area (TPSA) is 126 Å². The zero-order chi connectivity index (χ0) is 26.2. The minimum Gasteiger partial charge on any atom is -0.389 e. The van der Waals surface area contributed by atoms with E-state index in [-0.39, 0.29) is 19.0 Å². The molecule has 0 radical (unpaired) electrons. The molecule has 3 aromatic rings. The maximum Gasteiger partial charge on any atom is 0.411 e. The number of tetrazole rings is 1. The third-order valence-electron chi connectivity index (χ3n) is 4.64. The number of aryl methyl sites for hydroxylation is 1. The number of rotatable bonds is 11. The summed E-state index contributed by atoms with van der Waals surface area (Å²) in [4.78, 5) is 22.4. The normalized spacial score (nSPS) is 13.8. The van der Waals surface area contributed by atoms with Gasteiger partial charge < -0.3 is 19.6 Å². The monoisotopic (exact) mass is 507 g/mol. The van der Waals surface area contributed by atoms with Gasteiger partial charge in [0.1, 0.15) is 12.4 Å². The number of aromatic nitrogens is 5. The summed E-state index contributed by atoms with van der Waals surface area (Å²) in [6.45, 7) is 0.844. The fourth-order valence-electron chi connectivity index (χ4n) is 2.94. The Labute approximate surface area is 204 Å². The van der Waals surface area contributed by atoms with E-state index in [0.29, 0.717) is 17.2 Å². The number of anilines is 1. The standard InChI is InChI=1S/C22H24F3N7O4/c1-4-34-21(2,35-14-22(23,24)25)20(33)27-17-12-8-11-16(26-17)13-36-29-18(15-9-6-5-7-10-15)19-28-30-31-32(19)3/h5-12H,4,13-14H2,1-3H3,(H,26,27,33)/b29-18-. The van der Waals surface area contributed by atoms with Gasteiger partial charge in [0, 0.05) is 19.2 Å². The highest BCUT2D eigenvalue weighted by atomic mass is 19.4. The molecule has 0 fully saturated rings. The molecular weight excluding hydrogens is 483 g/mol. The second-order valence-corrected chi connectivity index (χ2v) is 7.46. The van der Waals surface area contributed by atoms with Gasteiger partial charge in [-0.1, -0.05) is 41.6 Å². The Balaban J connectivity index is 1.71. The van der Waals surface area contributed by atoms with E-state index in [4.69, 9.17) is 14.3 Å². The van der Waals surface area contributed by atoms with Crippen molar-refractivity contribution < 1.29 is 32.3 Å². The molecule has 0 saturated heterocycles. The molecule has 0 bridgehead atoms. The van der Waals surface area contributed by atoms with E-state index in [1.165, 1.54) is 17.7 Å². The number of amides is 1. The highest BCUT2D eigenvalue weighted by Gasteiger charge is 2.40. The van der Waals surface area contributed by atoms with Crippen LogP contribution in [0.25, 0.3) is 0 Å². The predicted molar refractivity (Wildman–Crippen MR) is 121 cm³/mol. The van der Waals surface area contributed by atoms with Gasteiger partial charge in [0.2, 0.25) is 11.6 Å². The maximum absolute atomic E-state index is 12.6. The first-order valence-corrected chi connectivity index (χ1v) is 10.7. The average molecular weight is 507 g/mol. The predicted octanol–water partition coefficient (Wildman–Crippen LogP) is 2.84. The van der Waals surface area contributed by atoms with Crippen LogP contribution in [-0.4, -0.2) is 62.0 Å². The molecule has 0 aliphatic rings. The van der Waals surface area contributed by atoms with Gasteiger partial charge in [-0.3, -0.25) is 4.79 Å². The van der Waals surface area contributed by atoms with E-state index >= 15 is 0 Å². The fourth-order valence-corrected chi connectivity index (χ4v) is 2.94. The number of hydrogen-bond acceptors (Lipinski definition) is 9. The number of halogens is 3. The molecule has 1 N–H and O–H groups in total. The molecule has 2 heterocycles. The number of carbonyl (C=O) groups is 1. The number of carbonyl (C=O) groups excluding carboxylic acids is 1. The highest BCUT2D eigenvalue weighted by molar-refractivity contribution is 6.10. The number of alkyl halides is 3. The molecule has 11 nitrogen and oxygen atoms in total. The Morgan fingerprint density at radius 2 is 1.86 bits per heavy atom. The molecule has 3 rings (SSSR count). The van der Waals surface area contributed by atoms with Gasteiger partial charge in [0.05, 0.1) is 5.69 Å². The summed E-state index contributed by atoms with van der Waals surface area (Å²) in [5.41, 5.74) is 1.50. The Kier molecular flexibility index (Phi) is 8.66. The molecule has 14 heteroatoms. The van der Waals surface area contributed by atoms with Crippen LogP contribution in [-0.2, 0) is 32.8 Å². The number of oxime groups is 1. The lowest BCUT2D eigenvalue weighted by Crippen LogP contribution is -2.47. The number of hydrogen-bond donors (Lipinski definition) is 1. The number of ether oxygens (including phenoxy) is 2. The molecule has 1 amide bonds. The van der Waals surface area contributed by atoms with Crippen LogP contribution in [0.5, 0.6) is 0 Å². The van der Waals surface area contributed by atoms with E-state index in [9.17, 15) is 18.0 Å². The lowest BCUT2D eigenvalue weighted by Gasteiger charge is -2.28. The molecule has 0 aliphatic carbocycles. The van der Waals surface area contributed by atoms with Crippen molar-refractivity contribution in [3.8, 4) is 0 Å². The Bertz CT molecular complexity index is 1190. The molecule has 36 heavy (non-hydrogen) atoms. The molecule has 1 aromatic carbocycles. The van der Waals surface area contributed by atoms with E-state index < -0.39 is 24.5 Å². The smallest absolute Gasteiger partial charge is 0.389 e. The van der Waals surface area contributed by atoms with Crippen LogP contribution in [0.2, 0.25) is 0 Å². The van der Waals surface area contributed by atoms with Crippen molar-refractivity contribution in [2.75, 3.05) is 18.5 Å². The minimum absolute atomic E-state index is 0.0497. The second kappa shape index (κ2) is 11.7. The highest BCUT2D eigenvalue weighted by Crippen LogP contribution is 2.22. The number of nitrogens with zero attached hydrogens (tertiary/aromatic N) is 6. The van der Waals surface area contributed by atoms with E-state index in [1.807, 2.05) is 30.3 Å². The summed E-state index contributed by atoms with van der Waals surface area (Å²) in [6, 6.07) is 13.8. The SMILES string of the molecule is CCOC(C)(OCC(F)(F)F)C(=O)Nc1cccc(CO/N=C(/c2ccccc2)c2nnnn2C)n1. The molecule has 1 unspecified atom stereocenters. The largest absolute Gasteiger partial charge is 0.411 e. The van der Waals surface area contributed by atoms with Crippen LogP contribution in [0, 0.1) is 0 Å². The molecular formula is C22H24F3N7O4. The summed E-state index contributed by atoms with van der Waals surface area (Å²) in [7, 11) is 1.66. The molecule has 192 valence electrons. The van der Waals surface area contributed by atoms with Crippen molar-refractivity contribution in [2.45, 2.75) is 32.4 Å². The number of pyridine rings is 1. The van der Waals surface area contributed by atoms with Gasteiger partial charge in [-0.25, -0.2) is 9.67 Å². The minimum atomic E-state index is -4.63. The first-order chi connectivity index (χ1) is 17.1. The number of nitrogens with one attached hydrogen (secondary N) is 1.